The van der Waals surface area contributed by atoms with Crippen molar-refractivity contribution in [1.82, 2.24) is 14.9 Å². The fraction of sp³-hybridized carbons (Fsp3) is 0.286. The molecular formula is C14H17N3O2. The van der Waals surface area contributed by atoms with Crippen molar-refractivity contribution in [2.75, 3.05) is 7.05 Å². The second kappa shape index (κ2) is 6.15. The van der Waals surface area contributed by atoms with Crippen LogP contribution >= 0.6 is 0 Å². The minimum atomic E-state index is -0.861. The van der Waals surface area contributed by atoms with Crippen molar-refractivity contribution < 1.29 is 9.90 Å². The minimum absolute atomic E-state index is 0.383. The Hall–Kier alpha value is -2.14. The monoisotopic (exact) mass is 259 g/mol. The highest BCUT2D eigenvalue weighted by atomic mass is 16.4. The van der Waals surface area contributed by atoms with Crippen LogP contribution in [0.1, 0.15) is 11.3 Å². The van der Waals surface area contributed by atoms with Gasteiger partial charge in [-0.1, -0.05) is 30.3 Å². The normalized spacial score (nSPS) is 12.3. The molecule has 2 N–H and O–H groups in total. The number of likely N-dealkylation sites (N-methyl/N-ethyl adjacent to an activating group) is 1. The van der Waals surface area contributed by atoms with E-state index in [4.69, 9.17) is 5.11 Å². The molecule has 5 nitrogen and oxygen atoms in total. The van der Waals surface area contributed by atoms with Gasteiger partial charge in [-0.05, 0) is 12.6 Å². The SMILES string of the molecule is CN[C@@H](Cc1cn(Cc2ccccc2)cn1)C(=O)O. The molecule has 0 fully saturated rings. The summed E-state index contributed by atoms with van der Waals surface area (Å²) in [6.07, 6.45) is 4.00. The first-order valence-corrected chi connectivity index (χ1v) is 6.13. The van der Waals surface area contributed by atoms with E-state index in [0.29, 0.717) is 6.42 Å². The lowest BCUT2D eigenvalue weighted by molar-refractivity contribution is -0.139. The highest BCUT2D eigenvalue weighted by Crippen LogP contribution is 2.05. The predicted octanol–water partition coefficient (Wildman–Crippen LogP) is 1.15. The van der Waals surface area contributed by atoms with E-state index in [1.807, 2.05) is 41.1 Å². The van der Waals surface area contributed by atoms with Gasteiger partial charge in [0.2, 0.25) is 0 Å². The average Bonchev–Trinajstić information content (AvgIpc) is 2.84. The Bertz CT molecular complexity index is 537. The summed E-state index contributed by atoms with van der Waals surface area (Å²) < 4.78 is 1.96. The lowest BCUT2D eigenvalue weighted by Crippen LogP contribution is -2.35. The first kappa shape index (κ1) is 13.3. The zero-order valence-corrected chi connectivity index (χ0v) is 10.8. The van der Waals surface area contributed by atoms with Crippen molar-refractivity contribution in [2.24, 2.45) is 0 Å². The molecule has 0 bridgehead atoms. The van der Waals surface area contributed by atoms with Crippen molar-refractivity contribution in [3.8, 4) is 0 Å². The average molecular weight is 259 g/mol. The summed E-state index contributed by atoms with van der Waals surface area (Å²) in [5, 5.41) is 11.7. The number of nitrogens with one attached hydrogen (secondary N) is 1. The number of benzene rings is 1. The number of aromatic nitrogens is 2. The van der Waals surface area contributed by atoms with Gasteiger partial charge >= 0.3 is 5.97 Å². The second-order valence-corrected chi connectivity index (χ2v) is 4.41. The zero-order chi connectivity index (χ0) is 13.7. The molecule has 0 aliphatic heterocycles. The molecule has 19 heavy (non-hydrogen) atoms. The maximum atomic E-state index is 10.9. The van der Waals surface area contributed by atoms with E-state index in [1.54, 1.807) is 13.4 Å². The summed E-state index contributed by atoms with van der Waals surface area (Å²) in [5.74, 6) is -0.861. The third-order valence-electron chi connectivity index (χ3n) is 2.95. The van der Waals surface area contributed by atoms with Crippen LogP contribution in [-0.2, 0) is 17.8 Å². The molecule has 0 aliphatic rings. The topological polar surface area (TPSA) is 67.2 Å². The molecule has 5 heteroatoms. The third-order valence-corrected chi connectivity index (χ3v) is 2.95. The first-order chi connectivity index (χ1) is 9.19. The molecule has 0 saturated heterocycles. The molecule has 0 unspecified atom stereocenters. The largest absolute Gasteiger partial charge is 0.480 e. The molecule has 2 aromatic rings. The number of hydrogen-bond donors (Lipinski definition) is 2. The van der Waals surface area contributed by atoms with Gasteiger partial charge in [0.25, 0.3) is 0 Å². The van der Waals surface area contributed by atoms with Crippen LogP contribution in [0.5, 0.6) is 0 Å². The van der Waals surface area contributed by atoms with Gasteiger partial charge in [0.05, 0.1) is 12.0 Å². The summed E-state index contributed by atoms with van der Waals surface area (Å²) in [6, 6.07) is 9.47. The van der Waals surface area contributed by atoms with Gasteiger partial charge in [-0.15, -0.1) is 0 Å². The van der Waals surface area contributed by atoms with E-state index in [0.717, 1.165) is 12.2 Å². The molecule has 1 aromatic heterocycles. The first-order valence-electron chi connectivity index (χ1n) is 6.13. The molecule has 1 aromatic carbocycles. The summed E-state index contributed by atoms with van der Waals surface area (Å²) in [5.41, 5.74) is 1.97. The number of nitrogens with zero attached hydrogens (tertiary/aromatic N) is 2. The predicted molar refractivity (Wildman–Crippen MR) is 72.0 cm³/mol. The number of rotatable bonds is 6. The molecule has 1 atom stereocenters. The number of imidazole rings is 1. The maximum Gasteiger partial charge on any atom is 0.321 e. The van der Waals surface area contributed by atoms with E-state index in [2.05, 4.69) is 10.3 Å². The second-order valence-electron chi connectivity index (χ2n) is 4.41. The van der Waals surface area contributed by atoms with Gasteiger partial charge < -0.3 is 15.0 Å². The Labute approximate surface area is 111 Å². The van der Waals surface area contributed by atoms with Crippen LogP contribution in [0.25, 0.3) is 0 Å². The van der Waals surface area contributed by atoms with Crippen LogP contribution in [0.2, 0.25) is 0 Å². The lowest BCUT2D eigenvalue weighted by atomic mass is 10.2. The quantitative estimate of drug-likeness (QED) is 0.816. The molecule has 0 amide bonds. The molecule has 100 valence electrons. The van der Waals surface area contributed by atoms with Crippen LogP contribution in [0, 0.1) is 0 Å². The van der Waals surface area contributed by atoms with E-state index in [9.17, 15) is 4.79 Å². The number of aliphatic carboxylic acids is 1. The van der Waals surface area contributed by atoms with Gasteiger partial charge in [0.15, 0.2) is 0 Å². The Kier molecular flexibility index (Phi) is 4.30. The Morgan fingerprint density at radius 1 is 1.42 bits per heavy atom. The molecule has 0 radical (unpaired) electrons. The number of carboxylic acids is 1. The van der Waals surface area contributed by atoms with Crippen LogP contribution in [0.3, 0.4) is 0 Å². The molecule has 1 heterocycles. The molecular weight excluding hydrogens is 242 g/mol. The maximum absolute atomic E-state index is 10.9. The van der Waals surface area contributed by atoms with E-state index >= 15 is 0 Å². The highest BCUT2D eigenvalue weighted by Gasteiger charge is 2.16. The lowest BCUT2D eigenvalue weighted by Gasteiger charge is -2.08. The Balaban J connectivity index is 2.01. The Morgan fingerprint density at radius 3 is 2.79 bits per heavy atom. The van der Waals surface area contributed by atoms with Crippen LogP contribution in [-0.4, -0.2) is 33.7 Å². The molecule has 0 saturated carbocycles. The summed E-state index contributed by atoms with van der Waals surface area (Å²) in [6.45, 7) is 0.741. The number of hydrogen-bond acceptors (Lipinski definition) is 3. The summed E-state index contributed by atoms with van der Waals surface area (Å²) in [7, 11) is 1.64. The van der Waals surface area contributed by atoms with E-state index < -0.39 is 12.0 Å². The summed E-state index contributed by atoms with van der Waals surface area (Å²) >= 11 is 0. The van der Waals surface area contributed by atoms with Gasteiger partial charge in [-0.2, -0.15) is 0 Å². The van der Waals surface area contributed by atoms with Crippen molar-refractivity contribution in [2.45, 2.75) is 19.0 Å². The van der Waals surface area contributed by atoms with Crippen LogP contribution in [0.15, 0.2) is 42.9 Å². The standard InChI is InChI=1S/C14H17N3O2/c1-15-13(14(18)19)7-12-9-17(10-16-12)8-11-5-3-2-4-6-11/h2-6,9-10,13,15H,7-8H2,1H3,(H,18,19)/t13-/m0/s1. The molecule has 0 spiro atoms. The van der Waals surface area contributed by atoms with Gasteiger partial charge in [-0.3, -0.25) is 4.79 Å². The minimum Gasteiger partial charge on any atom is -0.480 e. The fourth-order valence-electron chi connectivity index (χ4n) is 1.91. The zero-order valence-electron chi connectivity index (χ0n) is 10.8. The van der Waals surface area contributed by atoms with E-state index in [1.165, 1.54) is 5.56 Å². The van der Waals surface area contributed by atoms with Gasteiger partial charge in [0, 0.05) is 19.2 Å². The molecule has 2 rings (SSSR count). The van der Waals surface area contributed by atoms with Crippen molar-refractivity contribution in [1.29, 1.82) is 0 Å². The van der Waals surface area contributed by atoms with Gasteiger partial charge in [0.1, 0.15) is 6.04 Å². The van der Waals surface area contributed by atoms with Crippen molar-refractivity contribution in [3.63, 3.8) is 0 Å². The Morgan fingerprint density at radius 2 is 2.16 bits per heavy atom. The highest BCUT2D eigenvalue weighted by molar-refractivity contribution is 5.73. The van der Waals surface area contributed by atoms with Crippen LogP contribution in [0.4, 0.5) is 0 Å². The van der Waals surface area contributed by atoms with Crippen molar-refractivity contribution in [3.05, 3.63) is 54.1 Å². The molecule has 0 aliphatic carbocycles. The number of carbonyl (C=O) groups is 1. The van der Waals surface area contributed by atoms with Crippen molar-refractivity contribution >= 4 is 5.97 Å². The van der Waals surface area contributed by atoms with Crippen LogP contribution < -0.4 is 5.32 Å². The van der Waals surface area contributed by atoms with E-state index in [-0.39, 0.29) is 0 Å². The fourth-order valence-corrected chi connectivity index (χ4v) is 1.91. The smallest absolute Gasteiger partial charge is 0.321 e. The third kappa shape index (κ3) is 3.66. The van der Waals surface area contributed by atoms with Gasteiger partial charge in [-0.25, -0.2) is 4.98 Å². The number of carboxylic acid groups (broad SMARTS) is 1. The summed E-state index contributed by atoms with van der Waals surface area (Å²) in [4.78, 5) is 15.2.